The van der Waals surface area contributed by atoms with E-state index in [2.05, 4.69) is 0 Å². The molecule has 2 saturated carbocycles. The molecule has 0 bridgehead atoms. The SMILES string of the molecule is CC(=O)[C@H]1CC([N+](=O)[O-])([N+](=O)[O-])N(OC2(C3([N+](=O)[O-])CCC3)CCC2)O1. The van der Waals surface area contributed by atoms with Crippen molar-refractivity contribution in [2.75, 3.05) is 0 Å². The molecule has 0 aromatic rings. The molecule has 3 rings (SSSR count). The van der Waals surface area contributed by atoms with E-state index in [1.165, 1.54) is 0 Å². The maximum absolute atomic E-state index is 11.7. The van der Waals surface area contributed by atoms with Gasteiger partial charge in [-0.15, -0.1) is 0 Å². The van der Waals surface area contributed by atoms with Gasteiger partial charge in [-0.25, -0.2) is 4.84 Å². The van der Waals surface area contributed by atoms with Gasteiger partial charge in [0, 0.05) is 17.8 Å². The highest BCUT2D eigenvalue weighted by molar-refractivity contribution is 5.80. The van der Waals surface area contributed by atoms with Gasteiger partial charge in [0.15, 0.2) is 17.5 Å². The summed E-state index contributed by atoms with van der Waals surface area (Å²) in [6, 6.07) is 0. The highest BCUT2D eigenvalue weighted by Gasteiger charge is 2.76. The molecule has 144 valence electrons. The molecule has 1 heterocycles. The number of nitrogens with zero attached hydrogens (tertiary/aromatic N) is 4. The minimum absolute atomic E-state index is 0.127. The van der Waals surface area contributed by atoms with Crippen molar-refractivity contribution in [1.82, 2.24) is 5.23 Å². The zero-order chi connectivity index (χ0) is 19.3. The number of carbonyl (C=O) groups excluding carboxylic acids is 1. The van der Waals surface area contributed by atoms with Crippen molar-refractivity contribution < 1.29 is 29.2 Å². The largest absolute Gasteiger partial charge is 0.569 e. The zero-order valence-corrected chi connectivity index (χ0v) is 14.0. The Morgan fingerprint density at radius 2 is 1.58 bits per heavy atom. The Morgan fingerprint density at radius 3 is 1.88 bits per heavy atom. The Labute approximate surface area is 146 Å². The molecule has 0 aromatic carbocycles. The molecule has 26 heavy (non-hydrogen) atoms. The summed E-state index contributed by atoms with van der Waals surface area (Å²) in [5, 5.41) is 34.8. The Bertz CT molecular complexity index is 659. The van der Waals surface area contributed by atoms with Gasteiger partial charge in [-0.1, -0.05) is 0 Å². The number of hydrogen-bond donors (Lipinski definition) is 0. The molecule has 13 heteroatoms. The van der Waals surface area contributed by atoms with Crippen molar-refractivity contribution in [2.24, 2.45) is 0 Å². The molecule has 0 spiro atoms. The van der Waals surface area contributed by atoms with Crippen LogP contribution in [0.4, 0.5) is 0 Å². The molecule has 0 amide bonds. The Hall–Kier alpha value is -2.25. The van der Waals surface area contributed by atoms with Gasteiger partial charge in [-0.2, -0.15) is 0 Å². The Morgan fingerprint density at radius 1 is 1.04 bits per heavy atom. The first-order chi connectivity index (χ1) is 12.1. The lowest BCUT2D eigenvalue weighted by Gasteiger charge is -2.53. The number of Topliss-reactive ketones (excluding diaryl/α,β-unsaturated/α-hetero) is 1. The predicted molar refractivity (Wildman–Crippen MR) is 80.0 cm³/mol. The number of nitro groups is 3. The molecule has 1 saturated heterocycles. The first-order valence-electron chi connectivity index (χ1n) is 8.21. The normalized spacial score (nSPS) is 28.6. The fourth-order valence-electron chi connectivity index (χ4n) is 3.84. The van der Waals surface area contributed by atoms with Crippen LogP contribution in [0.5, 0.6) is 0 Å². The van der Waals surface area contributed by atoms with Crippen LogP contribution in [-0.4, -0.2) is 48.8 Å². The number of hydrogen-bond acceptors (Lipinski definition) is 10. The van der Waals surface area contributed by atoms with E-state index in [1.54, 1.807) is 0 Å². The van der Waals surface area contributed by atoms with E-state index in [-0.39, 0.29) is 30.9 Å². The molecule has 2 aliphatic carbocycles. The molecule has 1 atom stereocenters. The maximum Gasteiger partial charge on any atom is 0.569 e. The van der Waals surface area contributed by atoms with Crippen molar-refractivity contribution in [3.05, 3.63) is 30.3 Å². The van der Waals surface area contributed by atoms with Crippen LogP contribution in [0.3, 0.4) is 0 Å². The first kappa shape index (κ1) is 18.5. The fourth-order valence-corrected chi connectivity index (χ4v) is 3.84. The summed E-state index contributed by atoms with van der Waals surface area (Å²) >= 11 is 0. The number of rotatable bonds is 7. The number of carbonyl (C=O) groups is 1. The van der Waals surface area contributed by atoms with Crippen LogP contribution in [0.15, 0.2) is 0 Å². The van der Waals surface area contributed by atoms with Gasteiger partial charge in [0.05, 0.1) is 5.23 Å². The molecular formula is C13H18N4O9. The maximum atomic E-state index is 11.7. The summed E-state index contributed by atoms with van der Waals surface area (Å²) in [5.41, 5.74) is -2.88. The minimum Gasteiger partial charge on any atom is -0.297 e. The van der Waals surface area contributed by atoms with Gasteiger partial charge in [0.25, 0.3) is 5.54 Å². The minimum atomic E-state index is -3.03. The molecule has 3 fully saturated rings. The predicted octanol–water partition coefficient (Wildman–Crippen LogP) is 0.842. The summed E-state index contributed by atoms with van der Waals surface area (Å²) in [5.74, 6) is -3.67. The summed E-state index contributed by atoms with van der Waals surface area (Å²) in [6.07, 6.45) is -0.210. The molecule has 0 radical (unpaired) electrons. The third-order valence-electron chi connectivity index (χ3n) is 5.81. The highest BCUT2D eigenvalue weighted by Crippen LogP contribution is 2.56. The monoisotopic (exact) mass is 374 g/mol. The van der Waals surface area contributed by atoms with E-state index in [1.807, 2.05) is 0 Å². The van der Waals surface area contributed by atoms with E-state index in [0.717, 1.165) is 6.92 Å². The van der Waals surface area contributed by atoms with Gasteiger partial charge >= 0.3 is 5.79 Å². The van der Waals surface area contributed by atoms with Crippen LogP contribution in [0.1, 0.15) is 51.9 Å². The molecular weight excluding hydrogens is 356 g/mol. The standard InChI is InChI=1S/C13H18N4O9/c1-9(18)10-8-13(15(21)22,16(23)24)17(25-10)26-12(6-3-7-12)11(14(19)20)4-2-5-11/h10H,2-8H2,1H3/t10-/m1/s1. The lowest BCUT2D eigenvalue weighted by atomic mass is 9.57. The summed E-state index contributed by atoms with van der Waals surface area (Å²) in [6.45, 7) is 1.09. The van der Waals surface area contributed by atoms with Crippen molar-refractivity contribution in [3.63, 3.8) is 0 Å². The molecule has 3 aliphatic rings. The van der Waals surface area contributed by atoms with Crippen LogP contribution >= 0.6 is 0 Å². The molecule has 1 aliphatic heterocycles. The third kappa shape index (κ3) is 2.23. The van der Waals surface area contributed by atoms with E-state index in [9.17, 15) is 35.1 Å². The summed E-state index contributed by atoms with van der Waals surface area (Å²) in [4.78, 5) is 54.1. The number of hydroxylamine groups is 2. The van der Waals surface area contributed by atoms with E-state index in [4.69, 9.17) is 9.68 Å². The zero-order valence-electron chi connectivity index (χ0n) is 14.0. The Kier molecular flexibility index (Phi) is 4.20. The average Bonchev–Trinajstić information content (AvgIpc) is 2.83. The smallest absolute Gasteiger partial charge is 0.297 e. The van der Waals surface area contributed by atoms with Crippen LogP contribution < -0.4 is 0 Å². The van der Waals surface area contributed by atoms with Crippen molar-refractivity contribution >= 4 is 5.78 Å². The summed E-state index contributed by atoms with van der Waals surface area (Å²) < 4.78 is 0. The van der Waals surface area contributed by atoms with Gasteiger partial charge in [0.2, 0.25) is 0 Å². The van der Waals surface area contributed by atoms with Crippen LogP contribution in [-0.2, 0) is 14.5 Å². The van der Waals surface area contributed by atoms with Crippen molar-refractivity contribution in [3.8, 4) is 0 Å². The lowest BCUT2D eigenvalue weighted by molar-refractivity contribution is -0.855. The topological polar surface area (TPSA) is 168 Å². The van der Waals surface area contributed by atoms with E-state index >= 15 is 0 Å². The molecule has 0 aromatic heterocycles. The fraction of sp³-hybridized carbons (Fsp3) is 0.923. The van der Waals surface area contributed by atoms with Crippen LogP contribution in [0, 0.1) is 30.3 Å². The summed E-state index contributed by atoms with van der Waals surface area (Å²) in [7, 11) is 0. The molecule has 0 unspecified atom stereocenters. The van der Waals surface area contributed by atoms with Gasteiger partial charge in [-0.05, 0) is 32.6 Å². The van der Waals surface area contributed by atoms with Gasteiger partial charge in [0.1, 0.15) is 16.3 Å². The van der Waals surface area contributed by atoms with Crippen LogP contribution in [0.25, 0.3) is 0 Å². The third-order valence-corrected chi connectivity index (χ3v) is 5.81. The first-order valence-corrected chi connectivity index (χ1v) is 8.21. The van der Waals surface area contributed by atoms with Crippen molar-refractivity contribution in [1.29, 1.82) is 0 Å². The van der Waals surface area contributed by atoms with Gasteiger partial charge < -0.3 is 0 Å². The van der Waals surface area contributed by atoms with Gasteiger partial charge in [-0.3, -0.25) is 40.0 Å². The Balaban J connectivity index is 1.97. The van der Waals surface area contributed by atoms with E-state index < -0.39 is 50.0 Å². The highest BCUT2D eigenvalue weighted by atomic mass is 17.0. The lowest BCUT2D eigenvalue weighted by Crippen LogP contribution is -2.70. The van der Waals surface area contributed by atoms with E-state index in [0.29, 0.717) is 12.8 Å². The number of ketones is 1. The second-order valence-corrected chi connectivity index (χ2v) is 7.04. The van der Waals surface area contributed by atoms with Crippen molar-refractivity contribution in [2.45, 2.75) is 74.9 Å². The molecule has 0 N–H and O–H groups in total. The second-order valence-electron chi connectivity index (χ2n) is 7.04. The quantitative estimate of drug-likeness (QED) is 0.353. The average molecular weight is 374 g/mol. The van der Waals surface area contributed by atoms with Crippen LogP contribution in [0.2, 0.25) is 0 Å². The molecule has 13 nitrogen and oxygen atoms in total. The second kappa shape index (κ2) is 5.89.